The largest absolute Gasteiger partial charge is 0.453 e. The van der Waals surface area contributed by atoms with Crippen LogP contribution in [-0.4, -0.2) is 4.57 Å². The normalized spacial score (nSPS) is 15.3. The van der Waals surface area contributed by atoms with Crippen molar-refractivity contribution in [2.24, 2.45) is 0 Å². The average molecular weight is 582 g/mol. The quantitative estimate of drug-likeness (QED) is 0.203. The van der Waals surface area contributed by atoms with Crippen LogP contribution in [0.2, 0.25) is 0 Å². The minimum Gasteiger partial charge on any atom is -0.453 e. The topological polar surface area (TPSA) is 20.6 Å². The van der Waals surface area contributed by atoms with Gasteiger partial charge in [0.25, 0.3) is 0 Å². The number of anilines is 4. The molecule has 10 rings (SSSR count). The number of aromatic nitrogens is 1. The van der Waals surface area contributed by atoms with E-state index in [0.717, 1.165) is 34.1 Å². The van der Waals surface area contributed by atoms with Gasteiger partial charge in [-0.2, -0.15) is 0 Å². The summed E-state index contributed by atoms with van der Waals surface area (Å²) in [5.41, 5.74) is 11.0. The highest BCUT2D eigenvalue weighted by atomic mass is 16.5. The Morgan fingerprint density at radius 2 is 1.13 bits per heavy atom. The number of hydrogen-bond donors (Lipinski definition) is 0. The number of ether oxygens (including phenoxy) is 1. The summed E-state index contributed by atoms with van der Waals surface area (Å²) in [7, 11) is 0. The number of hydrogen-bond acceptors (Lipinski definition) is 3. The Morgan fingerprint density at radius 3 is 1.78 bits per heavy atom. The van der Waals surface area contributed by atoms with Gasteiger partial charge >= 0.3 is 0 Å². The van der Waals surface area contributed by atoms with Gasteiger partial charge in [-0.25, -0.2) is 0 Å². The van der Waals surface area contributed by atoms with Crippen LogP contribution in [0.15, 0.2) is 133 Å². The molecular weight excluding hydrogens is 550 g/mol. The summed E-state index contributed by atoms with van der Waals surface area (Å²) in [5, 5.41) is 2.48. The molecule has 216 valence electrons. The molecule has 0 atom stereocenters. The standard InChI is InChI=1S/C41H31N3O/c1-40(2,3)26-24-30-29-18-12-19-31-37(29)42-38(30)36(25-26)45-35-23-13-20-32(39(35)42)41(31)43(27-14-6-4-7-15-27)33-21-10-11-22-34(33)44(41)28-16-8-5-9-17-28/h4-25H,1-3H3. The van der Waals surface area contributed by atoms with E-state index in [9.17, 15) is 0 Å². The second-order valence-electron chi connectivity index (χ2n) is 13.4. The van der Waals surface area contributed by atoms with Gasteiger partial charge < -0.3 is 19.1 Å². The molecule has 0 aliphatic carbocycles. The molecular formula is C41H31N3O. The van der Waals surface area contributed by atoms with E-state index in [2.05, 4.69) is 169 Å². The molecule has 4 heteroatoms. The van der Waals surface area contributed by atoms with Crippen molar-refractivity contribution >= 4 is 44.6 Å². The summed E-state index contributed by atoms with van der Waals surface area (Å²) in [6, 6.07) is 48.6. The first-order chi connectivity index (χ1) is 22.0. The average Bonchev–Trinajstić information content (AvgIpc) is 3.56. The summed E-state index contributed by atoms with van der Waals surface area (Å²) in [6.07, 6.45) is 0. The summed E-state index contributed by atoms with van der Waals surface area (Å²) in [4.78, 5) is 5.11. The molecule has 0 fully saturated rings. The van der Waals surface area contributed by atoms with Gasteiger partial charge in [0, 0.05) is 33.3 Å². The lowest BCUT2D eigenvalue weighted by atomic mass is 9.82. The fraction of sp³-hybridized carbons (Fsp3) is 0.122. The van der Waals surface area contributed by atoms with E-state index in [0.29, 0.717) is 0 Å². The maximum absolute atomic E-state index is 6.93. The van der Waals surface area contributed by atoms with Crippen LogP contribution >= 0.6 is 0 Å². The van der Waals surface area contributed by atoms with Crippen LogP contribution in [0, 0.1) is 0 Å². The van der Waals surface area contributed by atoms with Crippen LogP contribution < -0.4 is 14.5 Å². The first-order valence-corrected chi connectivity index (χ1v) is 15.7. The molecule has 3 aliphatic heterocycles. The Labute approximate surface area is 262 Å². The minimum absolute atomic E-state index is 0.0229. The lowest BCUT2D eigenvalue weighted by Gasteiger charge is -2.50. The van der Waals surface area contributed by atoms with Crippen LogP contribution in [0.25, 0.3) is 27.5 Å². The number of para-hydroxylation sites is 6. The molecule has 3 aliphatic rings. The molecule has 1 aromatic heterocycles. The zero-order valence-corrected chi connectivity index (χ0v) is 25.5. The Bertz CT molecular complexity index is 2280. The predicted octanol–water partition coefficient (Wildman–Crippen LogP) is 10.7. The van der Waals surface area contributed by atoms with Crippen molar-refractivity contribution in [3.8, 4) is 17.2 Å². The molecule has 0 radical (unpaired) electrons. The maximum Gasteiger partial charge on any atom is 0.179 e. The van der Waals surface area contributed by atoms with E-state index in [4.69, 9.17) is 4.74 Å². The molecule has 1 spiro atoms. The van der Waals surface area contributed by atoms with Crippen molar-refractivity contribution in [3.63, 3.8) is 0 Å². The highest BCUT2D eigenvalue weighted by Crippen LogP contribution is 2.65. The Balaban J connectivity index is 1.45. The summed E-state index contributed by atoms with van der Waals surface area (Å²) in [6.45, 7) is 6.83. The fourth-order valence-electron chi connectivity index (χ4n) is 8.13. The molecule has 0 unspecified atom stereocenters. The van der Waals surface area contributed by atoms with Crippen LogP contribution in [0.5, 0.6) is 11.5 Å². The predicted molar refractivity (Wildman–Crippen MR) is 184 cm³/mol. The first kappa shape index (κ1) is 24.9. The molecule has 4 heterocycles. The molecule has 7 aromatic rings. The summed E-state index contributed by atoms with van der Waals surface area (Å²) in [5.74, 6) is 1.81. The SMILES string of the molecule is CC(C)(C)c1cc2c3c(c1)c1cccc4c1n3-c1c(cccc1C41N(c3ccccc3)c3ccccc3N1c1ccccc1)O2. The van der Waals surface area contributed by atoms with Crippen LogP contribution in [0.4, 0.5) is 22.7 Å². The smallest absolute Gasteiger partial charge is 0.179 e. The fourth-order valence-corrected chi connectivity index (χ4v) is 8.13. The zero-order valence-electron chi connectivity index (χ0n) is 25.5. The van der Waals surface area contributed by atoms with Crippen molar-refractivity contribution in [2.45, 2.75) is 31.8 Å². The number of benzene rings is 6. The van der Waals surface area contributed by atoms with Crippen molar-refractivity contribution in [2.75, 3.05) is 9.80 Å². The highest BCUT2D eigenvalue weighted by Gasteiger charge is 2.58. The number of fused-ring (bicyclic) bond motifs is 4. The van der Waals surface area contributed by atoms with Crippen molar-refractivity contribution in [3.05, 3.63) is 150 Å². The van der Waals surface area contributed by atoms with Crippen molar-refractivity contribution in [1.82, 2.24) is 4.57 Å². The molecule has 4 nitrogen and oxygen atoms in total. The summed E-state index contributed by atoms with van der Waals surface area (Å²) >= 11 is 0. The lowest BCUT2D eigenvalue weighted by Crippen LogP contribution is -2.53. The molecule has 6 aromatic carbocycles. The Morgan fingerprint density at radius 1 is 0.533 bits per heavy atom. The van der Waals surface area contributed by atoms with Crippen LogP contribution in [-0.2, 0) is 11.1 Å². The van der Waals surface area contributed by atoms with E-state index in [1.54, 1.807) is 0 Å². The molecule has 0 N–H and O–H groups in total. The maximum atomic E-state index is 6.93. The number of nitrogens with zero attached hydrogens (tertiary/aromatic N) is 3. The molecule has 0 saturated carbocycles. The third kappa shape index (κ3) is 2.97. The first-order valence-electron chi connectivity index (χ1n) is 15.7. The highest BCUT2D eigenvalue weighted by molar-refractivity contribution is 6.15. The van der Waals surface area contributed by atoms with E-state index in [1.165, 1.54) is 44.4 Å². The Kier molecular flexibility index (Phi) is 4.63. The van der Waals surface area contributed by atoms with E-state index in [1.807, 2.05) is 0 Å². The van der Waals surface area contributed by atoms with Gasteiger partial charge in [-0.3, -0.25) is 0 Å². The van der Waals surface area contributed by atoms with Gasteiger partial charge in [-0.15, -0.1) is 0 Å². The minimum atomic E-state index is -0.741. The van der Waals surface area contributed by atoms with Gasteiger partial charge in [0.05, 0.1) is 28.1 Å². The molecule has 0 bridgehead atoms. The van der Waals surface area contributed by atoms with E-state index < -0.39 is 5.66 Å². The van der Waals surface area contributed by atoms with E-state index in [-0.39, 0.29) is 5.41 Å². The van der Waals surface area contributed by atoms with Gasteiger partial charge in [0.15, 0.2) is 17.2 Å². The monoisotopic (exact) mass is 581 g/mol. The molecule has 0 amide bonds. The second-order valence-corrected chi connectivity index (χ2v) is 13.4. The van der Waals surface area contributed by atoms with Crippen molar-refractivity contribution in [1.29, 1.82) is 0 Å². The Hall–Kier alpha value is -5.48. The summed E-state index contributed by atoms with van der Waals surface area (Å²) < 4.78 is 9.43. The second kappa shape index (κ2) is 8.36. The van der Waals surface area contributed by atoms with Crippen LogP contribution in [0.1, 0.15) is 37.5 Å². The van der Waals surface area contributed by atoms with Gasteiger partial charge in [0.2, 0.25) is 0 Å². The third-order valence-electron chi connectivity index (χ3n) is 9.95. The van der Waals surface area contributed by atoms with Gasteiger partial charge in [-0.1, -0.05) is 99.6 Å². The van der Waals surface area contributed by atoms with Gasteiger partial charge in [-0.05, 0) is 65.6 Å². The lowest BCUT2D eigenvalue weighted by molar-refractivity contribution is 0.463. The number of rotatable bonds is 2. The molecule has 0 saturated heterocycles. The third-order valence-corrected chi connectivity index (χ3v) is 9.95. The van der Waals surface area contributed by atoms with Gasteiger partial charge in [0.1, 0.15) is 0 Å². The van der Waals surface area contributed by atoms with Crippen LogP contribution in [0.3, 0.4) is 0 Å². The van der Waals surface area contributed by atoms with Crippen molar-refractivity contribution < 1.29 is 4.74 Å². The van der Waals surface area contributed by atoms with E-state index >= 15 is 0 Å². The molecule has 45 heavy (non-hydrogen) atoms. The zero-order chi connectivity index (χ0) is 30.1.